The molecular formula is C14H20ClNO. The average molecular weight is 254 g/mol. The fraction of sp³-hybridized carbons (Fsp3) is 0.571. The van der Waals surface area contributed by atoms with Crippen molar-refractivity contribution in [2.45, 2.75) is 45.1 Å². The van der Waals surface area contributed by atoms with Crippen molar-refractivity contribution in [3.05, 3.63) is 23.2 Å². The van der Waals surface area contributed by atoms with Crippen LogP contribution in [0.2, 0.25) is 5.02 Å². The summed E-state index contributed by atoms with van der Waals surface area (Å²) in [6.45, 7) is 2.26. The van der Waals surface area contributed by atoms with E-state index in [-0.39, 0.29) is 0 Å². The fourth-order valence-electron chi connectivity index (χ4n) is 2.49. The van der Waals surface area contributed by atoms with Gasteiger partial charge in [0, 0.05) is 6.07 Å². The summed E-state index contributed by atoms with van der Waals surface area (Å²) in [5.41, 5.74) is 6.28. The van der Waals surface area contributed by atoms with Crippen LogP contribution < -0.4 is 10.5 Å². The van der Waals surface area contributed by atoms with Crippen molar-refractivity contribution in [1.82, 2.24) is 0 Å². The largest absolute Gasteiger partial charge is 0.490 e. The number of rotatable bonds is 3. The highest BCUT2D eigenvalue weighted by atomic mass is 35.5. The lowest BCUT2D eigenvalue weighted by molar-refractivity contribution is 0.122. The van der Waals surface area contributed by atoms with E-state index in [9.17, 15) is 0 Å². The van der Waals surface area contributed by atoms with E-state index in [1.54, 1.807) is 6.07 Å². The second-order valence-electron chi connectivity index (χ2n) is 4.86. The summed E-state index contributed by atoms with van der Waals surface area (Å²) in [7, 11) is 0. The maximum absolute atomic E-state index is 5.98. The van der Waals surface area contributed by atoms with E-state index < -0.39 is 0 Å². The zero-order chi connectivity index (χ0) is 12.3. The SMILES string of the molecule is CCC1CCCC(Oc2ccc(N)c(Cl)c2)C1. The van der Waals surface area contributed by atoms with E-state index >= 15 is 0 Å². The van der Waals surface area contributed by atoms with Crippen molar-refractivity contribution < 1.29 is 4.74 Å². The van der Waals surface area contributed by atoms with E-state index in [1.807, 2.05) is 12.1 Å². The van der Waals surface area contributed by atoms with Crippen molar-refractivity contribution in [2.24, 2.45) is 5.92 Å². The lowest BCUT2D eigenvalue weighted by Crippen LogP contribution is -2.25. The molecule has 2 nitrogen and oxygen atoms in total. The molecule has 0 spiro atoms. The zero-order valence-electron chi connectivity index (χ0n) is 10.3. The smallest absolute Gasteiger partial charge is 0.121 e. The Labute approximate surface area is 108 Å². The van der Waals surface area contributed by atoms with E-state index in [2.05, 4.69) is 6.92 Å². The molecule has 1 saturated carbocycles. The van der Waals surface area contributed by atoms with Crippen LogP contribution in [0, 0.1) is 5.92 Å². The van der Waals surface area contributed by atoms with Gasteiger partial charge in [-0.1, -0.05) is 31.4 Å². The maximum Gasteiger partial charge on any atom is 0.121 e. The molecule has 0 heterocycles. The maximum atomic E-state index is 5.98. The van der Waals surface area contributed by atoms with Gasteiger partial charge in [0.05, 0.1) is 16.8 Å². The number of nitrogen functional groups attached to an aromatic ring is 1. The first-order valence-electron chi connectivity index (χ1n) is 6.40. The Balaban J connectivity index is 1.97. The molecule has 2 unspecified atom stereocenters. The standard InChI is InChI=1S/C14H20ClNO/c1-2-10-4-3-5-11(8-10)17-12-6-7-14(16)13(15)9-12/h6-7,9-11H,2-5,8,16H2,1H3. The molecule has 0 bridgehead atoms. The molecule has 2 N–H and O–H groups in total. The molecule has 94 valence electrons. The highest BCUT2D eigenvalue weighted by Gasteiger charge is 2.22. The molecule has 1 aliphatic carbocycles. The lowest BCUT2D eigenvalue weighted by Gasteiger charge is -2.29. The molecule has 2 atom stereocenters. The highest BCUT2D eigenvalue weighted by Crippen LogP contribution is 2.31. The summed E-state index contributed by atoms with van der Waals surface area (Å²) >= 11 is 5.98. The molecule has 1 aromatic carbocycles. The Hall–Kier alpha value is -0.890. The van der Waals surface area contributed by atoms with E-state index in [1.165, 1.54) is 25.7 Å². The van der Waals surface area contributed by atoms with Crippen LogP contribution in [0.5, 0.6) is 5.75 Å². The van der Waals surface area contributed by atoms with Gasteiger partial charge in [-0.05, 0) is 37.3 Å². The lowest BCUT2D eigenvalue weighted by atomic mass is 9.85. The van der Waals surface area contributed by atoms with Crippen LogP contribution in [0.15, 0.2) is 18.2 Å². The molecule has 1 fully saturated rings. The molecule has 1 aromatic rings. The van der Waals surface area contributed by atoms with Crippen molar-refractivity contribution in [1.29, 1.82) is 0 Å². The number of halogens is 1. The van der Waals surface area contributed by atoms with Crippen LogP contribution in [0.4, 0.5) is 5.69 Å². The van der Waals surface area contributed by atoms with Gasteiger partial charge in [0.25, 0.3) is 0 Å². The van der Waals surface area contributed by atoms with Crippen LogP contribution in [0.1, 0.15) is 39.0 Å². The predicted molar refractivity (Wildman–Crippen MR) is 72.5 cm³/mol. The number of nitrogens with two attached hydrogens (primary N) is 1. The van der Waals surface area contributed by atoms with Gasteiger partial charge in [0.2, 0.25) is 0 Å². The van der Waals surface area contributed by atoms with E-state index in [0.29, 0.717) is 16.8 Å². The topological polar surface area (TPSA) is 35.2 Å². The van der Waals surface area contributed by atoms with Gasteiger partial charge in [0.15, 0.2) is 0 Å². The third-order valence-corrected chi connectivity index (χ3v) is 3.91. The second kappa shape index (κ2) is 5.63. The Morgan fingerprint density at radius 2 is 2.24 bits per heavy atom. The molecule has 0 radical (unpaired) electrons. The van der Waals surface area contributed by atoms with Gasteiger partial charge >= 0.3 is 0 Å². The predicted octanol–water partition coefficient (Wildman–Crippen LogP) is 4.27. The number of hydrogen-bond donors (Lipinski definition) is 1. The molecule has 0 saturated heterocycles. The summed E-state index contributed by atoms with van der Waals surface area (Å²) < 4.78 is 5.98. The van der Waals surface area contributed by atoms with Crippen LogP contribution in [0.3, 0.4) is 0 Å². The van der Waals surface area contributed by atoms with Crippen LogP contribution in [-0.2, 0) is 0 Å². The highest BCUT2D eigenvalue weighted by molar-refractivity contribution is 6.33. The summed E-state index contributed by atoms with van der Waals surface area (Å²) in [6, 6.07) is 5.51. The minimum Gasteiger partial charge on any atom is -0.490 e. The summed E-state index contributed by atoms with van der Waals surface area (Å²) in [5, 5.41) is 0.574. The zero-order valence-corrected chi connectivity index (χ0v) is 11.0. The van der Waals surface area contributed by atoms with Crippen LogP contribution >= 0.6 is 11.6 Å². The molecule has 0 amide bonds. The van der Waals surface area contributed by atoms with Gasteiger partial charge < -0.3 is 10.5 Å². The average Bonchev–Trinajstić information content (AvgIpc) is 2.34. The Morgan fingerprint density at radius 3 is 2.94 bits per heavy atom. The van der Waals surface area contributed by atoms with Crippen molar-refractivity contribution in [3.8, 4) is 5.75 Å². The van der Waals surface area contributed by atoms with Crippen molar-refractivity contribution in [2.75, 3.05) is 5.73 Å². The van der Waals surface area contributed by atoms with Gasteiger partial charge in [-0.15, -0.1) is 0 Å². The summed E-state index contributed by atoms with van der Waals surface area (Å²) in [5.74, 6) is 1.66. The quantitative estimate of drug-likeness (QED) is 0.817. The number of hydrogen-bond acceptors (Lipinski definition) is 2. The van der Waals surface area contributed by atoms with E-state index in [0.717, 1.165) is 18.1 Å². The van der Waals surface area contributed by atoms with Crippen molar-refractivity contribution in [3.63, 3.8) is 0 Å². The van der Waals surface area contributed by atoms with Gasteiger partial charge in [-0.2, -0.15) is 0 Å². The minimum absolute atomic E-state index is 0.341. The van der Waals surface area contributed by atoms with Gasteiger partial charge in [-0.3, -0.25) is 0 Å². The number of anilines is 1. The molecule has 2 rings (SSSR count). The van der Waals surface area contributed by atoms with Gasteiger partial charge in [0.1, 0.15) is 5.75 Å². The minimum atomic E-state index is 0.341. The number of benzene rings is 1. The molecule has 17 heavy (non-hydrogen) atoms. The molecule has 3 heteroatoms. The van der Waals surface area contributed by atoms with Crippen LogP contribution in [-0.4, -0.2) is 6.10 Å². The Morgan fingerprint density at radius 1 is 1.41 bits per heavy atom. The first-order chi connectivity index (χ1) is 8.19. The second-order valence-corrected chi connectivity index (χ2v) is 5.27. The molecular weight excluding hydrogens is 234 g/mol. The Kier molecular flexibility index (Phi) is 4.16. The third kappa shape index (κ3) is 3.29. The number of ether oxygens (including phenoxy) is 1. The normalized spacial score (nSPS) is 24.6. The van der Waals surface area contributed by atoms with Crippen LogP contribution in [0.25, 0.3) is 0 Å². The molecule has 0 aromatic heterocycles. The first-order valence-corrected chi connectivity index (χ1v) is 6.78. The van der Waals surface area contributed by atoms with E-state index in [4.69, 9.17) is 22.1 Å². The fourth-order valence-corrected chi connectivity index (χ4v) is 2.66. The summed E-state index contributed by atoms with van der Waals surface area (Å²) in [4.78, 5) is 0. The van der Waals surface area contributed by atoms with Crippen molar-refractivity contribution >= 4 is 17.3 Å². The Bertz CT molecular complexity index is 380. The first kappa shape index (κ1) is 12.6. The molecule has 0 aliphatic heterocycles. The van der Waals surface area contributed by atoms with Gasteiger partial charge in [-0.25, -0.2) is 0 Å². The molecule has 1 aliphatic rings. The third-order valence-electron chi connectivity index (χ3n) is 3.59. The summed E-state index contributed by atoms with van der Waals surface area (Å²) in [6.07, 6.45) is 6.53. The monoisotopic (exact) mass is 253 g/mol.